The van der Waals surface area contributed by atoms with Crippen LogP contribution in [0.5, 0.6) is 0 Å². The van der Waals surface area contributed by atoms with Crippen molar-refractivity contribution in [2.45, 2.75) is 65.0 Å². The summed E-state index contributed by atoms with van der Waals surface area (Å²) in [6.07, 6.45) is 1.08. The second-order valence-electron chi connectivity index (χ2n) is 11.7. The summed E-state index contributed by atoms with van der Waals surface area (Å²) in [5, 5.41) is 0. The Bertz CT molecular complexity index is 1370. The van der Waals surface area contributed by atoms with Crippen LogP contribution < -0.4 is 9.80 Å². The van der Waals surface area contributed by atoms with Crippen molar-refractivity contribution in [1.82, 2.24) is 9.97 Å². The zero-order valence-electron chi connectivity index (χ0n) is 20.9. The highest BCUT2D eigenvalue weighted by molar-refractivity contribution is 5.91. The minimum Gasteiger partial charge on any atom is -0.301 e. The van der Waals surface area contributed by atoms with Crippen LogP contribution in [0.1, 0.15) is 58.2 Å². The van der Waals surface area contributed by atoms with Crippen LogP contribution in [0.2, 0.25) is 0 Å². The fraction of sp³-hybridized carbons (Fsp3) is 0.333. The summed E-state index contributed by atoms with van der Waals surface area (Å²) in [5.74, 6) is 1.89. The molecule has 4 nitrogen and oxygen atoms in total. The van der Waals surface area contributed by atoms with Gasteiger partial charge in [-0.1, -0.05) is 77.9 Å². The largest absolute Gasteiger partial charge is 0.301 e. The molecule has 0 saturated carbocycles. The Kier molecular flexibility index (Phi) is 4.39. The zero-order chi connectivity index (χ0) is 23.8. The first kappa shape index (κ1) is 21.2. The van der Waals surface area contributed by atoms with Crippen molar-refractivity contribution in [2.24, 2.45) is 0 Å². The van der Waals surface area contributed by atoms with E-state index < -0.39 is 0 Å². The SMILES string of the molecule is CC(C)(C)c1ccc(N2c3nc4ccccc4nc3N3c4ccc(C(C)(C)C)cc4CC23)cc1. The molecule has 4 aromatic rings. The Morgan fingerprint density at radius 3 is 1.82 bits per heavy atom. The van der Waals surface area contributed by atoms with Crippen LogP contribution in [0.3, 0.4) is 0 Å². The van der Waals surface area contributed by atoms with Gasteiger partial charge in [0.1, 0.15) is 6.17 Å². The maximum atomic E-state index is 5.12. The van der Waals surface area contributed by atoms with Gasteiger partial charge < -0.3 is 9.80 Å². The number of hydrogen-bond acceptors (Lipinski definition) is 4. The normalized spacial score (nSPS) is 17.2. The molecule has 0 saturated heterocycles. The van der Waals surface area contributed by atoms with E-state index in [1.54, 1.807) is 0 Å². The molecule has 172 valence electrons. The highest BCUT2D eigenvalue weighted by Gasteiger charge is 2.45. The molecule has 1 atom stereocenters. The number of anilines is 4. The Morgan fingerprint density at radius 1 is 0.676 bits per heavy atom. The van der Waals surface area contributed by atoms with Gasteiger partial charge in [-0.15, -0.1) is 0 Å². The van der Waals surface area contributed by atoms with Crippen molar-refractivity contribution in [3.05, 3.63) is 83.4 Å². The summed E-state index contributed by atoms with van der Waals surface area (Å²) in [7, 11) is 0. The lowest BCUT2D eigenvalue weighted by molar-refractivity contribution is 0.589. The second-order valence-corrected chi connectivity index (χ2v) is 11.7. The van der Waals surface area contributed by atoms with Crippen molar-refractivity contribution >= 4 is 34.0 Å². The lowest BCUT2D eigenvalue weighted by Gasteiger charge is -2.27. The first-order valence-corrected chi connectivity index (χ1v) is 12.2. The topological polar surface area (TPSA) is 32.3 Å². The molecule has 0 bridgehead atoms. The summed E-state index contributed by atoms with van der Waals surface area (Å²) < 4.78 is 0. The van der Waals surface area contributed by atoms with E-state index in [-0.39, 0.29) is 17.0 Å². The molecule has 4 heteroatoms. The molecule has 1 unspecified atom stereocenters. The fourth-order valence-corrected chi connectivity index (χ4v) is 5.22. The molecule has 2 aliphatic rings. The molecule has 0 fully saturated rings. The molecule has 0 radical (unpaired) electrons. The molecule has 1 aromatic heterocycles. The van der Waals surface area contributed by atoms with Crippen molar-refractivity contribution in [3.63, 3.8) is 0 Å². The van der Waals surface area contributed by atoms with E-state index in [9.17, 15) is 0 Å². The van der Waals surface area contributed by atoms with Crippen molar-refractivity contribution in [3.8, 4) is 0 Å². The molecule has 34 heavy (non-hydrogen) atoms. The third-order valence-corrected chi connectivity index (χ3v) is 7.21. The third-order valence-electron chi connectivity index (χ3n) is 7.21. The maximum absolute atomic E-state index is 5.12. The van der Waals surface area contributed by atoms with Gasteiger partial charge in [0, 0.05) is 17.8 Å². The molecule has 0 N–H and O–H groups in total. The highest BCUT2D eigenvalue weighted by atomic mass is 15.5. The lowest BCUT2D eigenvalue weighted by atomic mass is 9.86. The molecular weight excluding hydrogens is 416 g/mol. The zero-order valence-corrected chi connectivity index (χ0v) is 20.9. The van der Waals surface area contributed by atoms with E-state index in [0.29, 0.717) is 0 Å². The van der Waals surface area contributed by atoms with Gasteiger partial charge in [-0.05, 0) is 57.9 Å². The number of para-hydroxylation sites is 2. The number of aromatic nitrogens is 2. The second kappa shape index (κ2) is 7.05. The van der Waals surface area contributed by atoms with Crippen LogP contribution in [0.25, 0.3) is 11.0 Å². The molecular formula is C30H32N4. The first-order chi connectivity index (χ1) is 16.1. The van der Waals surface area contributed by atoms with Gasteiger partial charge in [0.05, 0.1) is 11.0 Å². The van der Waals surface area contributed by atoms with Crippen LogP contribution in [0, 0.1) is 0 Å². The minimum absolute atomic E-state index is 0.121. The van der Waals surface area contributed by atoms with Crippen LogP contribution in [-0.2, 0) is 17.3 Å². The van der Waals surface area contributed by atoms with E-state index in [1.807, 2.05) is 12.1 Å². The van der Waals surface area contributed by atoms with Gasteiger partial charge in [0.15, 0.2) is 11.6 Å². The summed E-state index contributed by atoms with van der Waals surface area (Å²) in [5.41, 5.74) is 8.61. The van der Waals surface area contributed by atoms with Gasteiger partial charge in [0.25, 0.3) is 0 Å². The van der Waals surface area contributed by atoms with Gasteiger partial charge in [-0.25, -0.2) is 9.97 Å². The van der Waals surface area contributed by atoms with Gasteiger partial charge >= 0.3 is 0 Å². The molecule has 0 amide bonds. The minimum atomic E-state index is 0.121. The van der Waals surface area contributed by atoms with Gasteiger partial charge in [0.2, 0.25) is 0 Å². The average Bonchev–Trinajstić information content (AvgIpc) is 3.30. The summed E-state index contributed by atoms with van der Waals surface area (Å²) >= 11 is 0. The fourth-order valence-electron chi connectivity index (χ4n) is 5.22. The summed E-state index contributed by atoms with van der Waals surface area (Å²) in [6, 6.07) is 24.1. The lowest BCUT2D eigenvalue weighted by Crippen LogP contribution is -2.36. The number of nitrogens with zero attached hydrogens (tertiary/aromatic N) is 4. The Morgan fingerprint density at radius 2 is 1.24 bits per heavy atom. The van der Waals surface area contributed by atoms with Crippen LogP contribution in [0.15, 0.2) is 66.7 Å². The monoisotopic (exact) mass is 448 g/mol. The number of fused-ring (bicyclic) bond motifs is 6. The molecule has 0 spiro atoms. The average molecular weight is 449 g/mol. The summed E-state index contributed by atoms with van der Waals surface area (Å²) in [4.78, 5) is 15.0. The third kappa shape index (κ3) is 3.19. The van der Waals surface area contributed by atoms with Crippen molar-refractivity contribution < 1.29 is 0 Å². The highest BCUT2D eigenvalue weighted by Crippen LogP contribution is 2.52. The van der Waals surface area contributed by atoms with E-state index in [0.717, 1.165) is 34.8 Å². The standard InChI is InChI=1S/C30H32N4/c1-29(2,3)20-11-14-22(15-12-20)33-26-18-19-17-21(30(4,5)6)13-16-25(19)34(26)28-27(33)31-23-9-7-8-10-24(23)32-28/h7-17,26H,18H2,1-6H3. The molecule has 3 heterocycles. The van der Waals surface area contributed by atoms with E-state index in [4.69, 9.17) is 9.97 Å². The molecule has 3 aromatic carbocycles. The van der Waals surface area contributed by atoms with Crippen LogP contribution in [0.4, 0.5) is 23.0 Å². The Hall–Kier alpha value is -3.40. The molecule has 6 rings (SSSR count). The number of rotatable bonds is 1. The van der Waals surface area contributed by atoms with Crippen molar-refractivity contribution in [1.29, 1.82) is 0 Å². The van der Waals surface area contributed by atoms with Crippen LogP contribution >= 0.6 is 0 Å². The van der Waals surface area contributed by atoms with E-state index in [2.05, 4.69) is 106 Å². The summed E-state index contributed by atoms with van der Waals surface area (Å²) in [6.45, 7) is 13.6. The maximum Gasteiger partial charge on any atom is 0.179 e. The first-order valence-electron chi connectivity index (χ1n) is 12.2. The quantitative estimate of drug-likeness (QED) is 0.304. The predicted octanol–water partition coefficient (Wildman–Crippen LogP) is 7.40. The number of benzene rings is 3. The Labute approximate surface area is 202 Å². The smallest absolute Gasteiger partial charge is 0.179 e. The van der Waals surface area contributed by atoms with Gasteiger partial charge in [-0.2, -0.15) is 0 Å². The van der Waals surface area contributed by atoms with E-state index in [1.165, 1.54) is 22.4 Å². The molecule has 0 aliphatic carbocycles. The Balaban J connectivity index is 1.53. The van der Waals surface area contributed by atoms with E-state index >= 15 is 0 Å². The molecule has 2 aliphatic heterocycles. The van der Waals surface area contributed by atoms with Crippen LogP contribution in [-0.4, -0.2) is 16.1 Å². The predicted molar refractivity (Wildman–Crippen MR) is 142 cm³/mol. The number of hydrogen-bond donors (Lipinski definition) is 0. The van der Waals surface area contributed by atoms with Gasteiger partial charge in [-0.3, -0.25) is 0 Å². The van der Waals surface area contributed by atoms with Crippen molar-refractivity contribution in [2.75, 3.05) is 9.80 Å².